The highest BCUT2D eigenvalue weighted by atomic mass is 16.5. The van der Waals surface area contributed by atoms with E-state index in [1.807, 2.05) is 72.5 Å². The van der Waals surface area contributed by atoms with Crippen LogP contribution in [-0.4, -0.2) is 49.0 Å². The fraction of sp³-hybridized carbons (Fsp3) is 0.333. The first-order valence-electron chi connectivity index (χ1n) is 12.8. The van der Waals surface area contributed by atoms with Crippen LogP contribution in [0.25, 0.3) is 0 Å². The maximum atomic E-state index is 12.9. The molecule has 1 heterocycles. The zero-order valence-electron chi connectivity index (χ0n) is 21.4. The number of ether oxygens (including phenoxy) is 1. The Labute approximate surface area is 213 Å². The predicted molar refractivity (Wildman–Crippen MR) is 145 cm³/mol. The molecule has 0 unspecified atom stereocenters. The van der Waals surface area contributed by atoms with Crippen molar-refractivity contribution in [3.8, 4) is 5.75 Å². The summed E-state index contributed by atoms with van der Waals surface area (Å²) < 4.78 is 5.83. The van der Waals surface area contributed by atoms with Gasteiger partial charge < -0.3 is 19.9 Å². The summed E-state index contributed by atoms with van der Waals surface area (Å²) in [4.78, 5) is 29.8. The third-order valence-corrected chi connectivity index (χ3v) is 6.67. The van der Waals surface area contributed by atoms with Crippen LogP contribution >= 0.6 is 0 Å². The molecule has 1 aliphatic heterocycles. The van der Waals surface area contributed by atoms with E-state index in [0.29, 0.717) is 24.4 Å². The number of piperazine rings is 1. The minimum absolute atomic E-state index is 0.0917. The van der Waals surface area contributed by atoms with Crippen molar-refractivity contribution in [1.82, 2.24) is 4.90 Å². The standard InChI is InChI=1S/C30H35N3O3/c1-4-22(3)36-28-8-6-7-25(21-28)29(34)31-26-13-15-27(16-14-26)32-17-19-33(20-18-32)30(35)24-11-9-23(5-2)10-12-24/h6-16,21-22H,4-5,17-20H2,1-3H3,(H,31,34)/t22-/m0/s1. The summed E-state index contributed by atoms with van der Waals surface area (Å²) in [6, 6.07) is 23.0. The van der Waals surface area contributed by atoms with Crippen LogP contribution in [0.4, 0.5) is 11.4 Å². The molecule has 0 spiro atoms. The van der Waals surface area contributed by atoms with Gasteiger partial charge in [-0.1, -0.05) is 32.0 Å². The number of hydrogen-bond acceptors (Lipinski definition) is 4. The third kappa shape index (κ3) is 6.25. The van der Waals surface area contributed by atoms with E-state index in [2.05, 4.69) is 24.1 Å². The minimum atomic E-state index is -0.170. The van der Waals surface area contributed by atoms with Gasteiger partial charge in [0.1, 0.15) is 5.75 Å². The Hall–Kier alpha value is -3.80. The first kappa shape index (κ1) is 25.3. The van der Waals surface area contributed by atoms with Gasteiger partial charge in [-0.15, -0.1) is 0 Å². The highest BCUT2D eigenvalue weighted by Crippen LogP contribution is 2.22. The van der Waals surface area contributed by atoms with Crippen LogP contribution in [0, 0.1) is 0 Å². The number of carbonyl (C=O) groups is 2. The molecule has 1 saturated heterocycles. The molecule has 0 saturated carbocycles. The molecule has 0 aliphatic carbocycles. The lowest BCUT2D eigenvalue weighted by Gasteiger charge is -2.36. The normalized spacial score (nSPS) is 14.3. The molecule has 1 atom stereocenters. The summed E-state index contributed by atoms with van der Waals surface area (Å²) >= 11 is 0. The van der Waals surface area contributed by atoms with E-state index in [1.165, 1.54) is 5.56 Å². The number of benzene rings is 3. The van der Waals surface area contributed by atoms with Crippen molar-refractivity contribution in [2.24, 2.45) is 0 Å². The average Bonchev–Trinajstić information content (AvgIpc) is 2.93. The summed E-state index contributed by atoms with van der Waals surface area (Å²) in [5, 5.41) is 2.97. The zero-order valence-corrected chi connectivity index (χ0v) is 21.4. The minimum Gasteiger partial charge on any atom is -0.491 e. The fourth-order valence-electron chi connectivity index (χ4n) is 4.22. The number of amides is 2. The second kappa shape index (κ2) is 11.8. The van der Waals surface area contributed by atoms with Gasteiger partial charge in [-0.25, -0.2) is 0 Å². The van der Waals surface area contributed by atoms with Crippen molar-refractivity contribution in [1.29, 1.82) is 0 Å². The topological polar surface area (TPSA) is 61.9 Å². The van der Waals surface area contributed by atoms with Gasteiger partial charge in [0.15, 0.2) is 0 Å². The number of hydrogen-bond donors (Lipinski definition) is 1. The van der Waals surface area contributed by atoms with E-state index in [-0.39, 0.29) is 17.9 Å². The number of nitrogens with zero attached hydrogens (tertiary/aromatic N) is 2. The summed E-state index contributed by atoms with van der Waals surface area (Å²) in [7, 11) is 0. The summed E-state index contributed by atoms with van der Waals surface area (Å²) in [5.41, 5.74) is 4.36. The maximum Gasteiger partial charge on any atom is 0.255 e. The van der Waals surface area contributed by atoms with Gasteiger partial charge >= 0.3 is 0 Å². The first-order valence-corrected chi connectivity index (χ1v) is 12.8. The van der Waals surface area contributed by atoms with Crippen molar-refractivity contribution in [2.45, 2.75) is 39.7 Å². The van der Waals surface area contributed by atoms with Gasteiger partial charge in [0, 0.05) is 48.7 Å². The number of carbonyl (C=O) groups excluding carboxylic acids is 2. The number of anilines is 2. The molecule has 6 heteroatoms. The summed E-state index contributed by atoms with van der Waals surface area (Å²) in [5.74, 6) is 0.619. The smallest absolute Gasteiger partial charge is 0.255 e. The monoisotopic (exact) mass is 485 g/mol. The number of rotatable bonds is 8. The Kier molecular flexibility index (Phi) is 8.26. The van der Waals surface area contributed by atoms with Gasteiger partial charge in [-0.3, -0.25) is 9.59 Å². The summed E-state index contributed by atoms with van der Waals surface area (Å²) in [6.07, 6.45) is 1.97. The molecule has 0 bridgehead atoms. The van der Waals surface area contributed by atoms with Crippen LogP contribution < -0.4 is 15.0 Å². The Morgan fingerprint density at radius 1 is 0.889 bits per heavy atom. The van der Waals surface area contributed by atoms with Crippen LogP contribution in [0.15, 0.2) is 72.8 Å². The van der Waals surface area contributed by atoms with Crippen molar-refractivity contribution >= 4 is 23.2 Å². The van der Waals surface area contributed by atoms with E-state index in [1.54, 1.807) is 12.1 Å². The van der Waals surface area contributed by atoms with E-state index >= 15 is 0 Å². The highest BCUT2D eigenvalue weighted by molar-refractivity contribution is 6.04. The van der Waals surface area contributed by atoms with Crippen LogP contribution in [0.2, 0.25) is 0 Å². The van der Waals surface area contributed by atoms with E-state index < -0.39 is 0 Å². The first-order chi connectivity index (χ1) is 17.5. The van der Waals surface area contributed by atoms with Crippen LogP contribution in [-0.2, 0) is 6.42 Å². The van der Waals surface area contributed by atoms with Gasteiger partial charge in [0.2, 0.25) is 0 Å². The number of nitrogens with one attached hydrogen (secondary N) is 1. The Balaban J connectivity index is 1.31. The predicted octanol–water partition coefficient (Wildman–Crippen LogP) is 5.64. The van der Waals surface area contributed by atoms with Crippen molar-refractivity contribution in [3.63, 3.8) is 0 Å². The molecule has 0 radical (unpaired) electrons. The van der Waals surface area contributed by atoms with Crippen molar-refractivity contribution in [2.75, 3.05) is 36.4 Å². The molecule has 1 N–H and O–H groups in total. The van der Waals surface area contributed by atoms with E-state index in [0.717, 1.165) is 42.9 Å². The molecule has 2 amide bonds. The molecule has 188 valence electrons. The molecule has 1 fully saturated rings. The molecule has 6 nitrogen and oxygen atoms in total. The Morgan fingerprint density at radius 2 is 1.58 bits per heavy atom. The van der Waals surface area contributed by atoms with Gasteiger partial charge in [0.05, 0.1) is 6.10 Å². The molecule has 0 aromatic heterocycles. The lowest BCUT2D eigenvalue weighted by atomic mass is 10.1. The molecule has 36 heavy (non-hydrogen) atoms. The van der Waals surface area contributed by atoms with Gasteiger partial charge in [-0.05, 0) is 79.9 Å². The molecule has 4 rings (SSSR count). The SMILES string of the molecule is CCc1ccc(C(=O)N2CCN(c3ccc(NC(=O)c4cccc(O[C@@H](C)CC)c4)cc3)CC2)cc1. The van der Waals surface area contributed by atoms with Gasteiger partial charge in [0.25, 0.3) is 11.8 Å². The fourth-order valence-corrected chi connectivity index (χ4v) is 4.22. The lowest BCUT2D eigenvalue weighted by molar-refractivity contribution is 0.0746. The quantitative estimate of drug-likeness (QED) is 0.448. The number of aryl methyl sites for hydroxylation is 1. The highest BCUT2D eigenvalue weighted by Gasteiger charge is 2.22. The molecule has 1 aliphatic rings. The average molecular weight is 486 g/mol. The van der Waals surface area contributed by atoms with Crippen LogP contribution in [0.3, 0.4) is 0 Å². The second-order valence-electron chi connectivity index (χ2n) is 9.20. The molecular weight excluding hydrogens is 450 g/mol. The van der Waals surface area contributed by atoms with E-state index in [9.17, 15) is 9.59 Å². The van der Waals surface area contributed by atoms with Crippen molar-refractivity contribution < 1.29 is 14.3 Å². The summed E-state index contributed by atoms with van der Waals surface area (Å²) in [6.45, 7) is 9.10. The largest absolute Gasteiger partial charge is 0.491 e. The second-order valence-corrected chi connectivity index (χ2v) is 9.20. The van der Waals surface area contributed by atoms with Crippen molar-refractivity contribution in [3.05, 3.63) is 89.5 Å². The molecule has 3 aromatic rings. The third-order valence-electron chi connectivity index (χ3n) is 6.67. The van der Waals surface area contributed by atoms with Gasteiger partial charge in [-0.2, -0.15) is 0 Å². The van der Waals surface area contributed by atoms with Crippen LogP contribution in [0.5, 0.6) is 5.75 Å². The van der Waals surface area contributed by atoms with E-state index in [4.69, 9.17) is 4.74 Å². The molecular formula is C30H35N3O3. The Bertz CT molecular complexity index is 1170. The Morgan fingerprint density at radius 3 is 2.22 bits per heavy atom. The molecule has 3 aromatic carbocycles. The van der Waals surface area contributed by atoms with Crippen LogP contribution in [0.1, 0.15) is 53.5 Å². The zero-order chi connectivity index (χ0) is 25.5. The lowest BCUT2D eigenvalue weighted by Crippen LogP contribution is -2.48. The maximum absolute atomic E-state index is 12.9.